The molecule has 3 aromatic rings. The van der Waals surface area contributed by atoms with Crippen molar-refractivity contribution in [3.05, 3.63) is 92.4 Å². The Bertz CT molecular complexity index is 1330. The topological polar surface area (TPSA) is 104 Å². The summed E-state index contributed by atoms with van der Waals surface area (Å²) in [4.78, 5) is 28.6. The molecule has 0 saturated carbocycles. The van der Waals surface area contributed by atoms with E-state index in [4.69, 9.17) is 0 Å². The molecule has 0 spiro atoms. The molecular formula is C26H29FN4O5S2. The Kier molecular flexibility index (Phi) is 9.21. The third-order valence-electron chi connectivity index (χ3n) is 6.43. The van der Waals surface area contributed by atoms with E-state index in [0.717, 1.165) is 52.8 Å². The number of rotatable bonds is 12. The Morgan fingerprint density at radius 2 is 1.71 bits per heavy atom. The van der Waals surface area contributed by atoms with Gasteiger partial charge in [-0.25, -0.2) is 12.8 Å². The summed E-state index contributed by atoms with van der Waals surface area (Å²) in [6, 6.07) is 14.3. The van der Waals surface area contributed by atoms with Crippen LogP contribution in [0, 0.1) is 15.9 Å². The van der Waals surface area contributed by atoms with Crippen LogP contribution in [0.3, 0.4) is 0 Å². The van der Waals surface area contributed by atoms with Crippen molar-refractivity contribution >= 4 is 33.0 Å². The summed E-state index contributed by atoms with van der Waals surface area (Å²) in [7, 11) is -4.11. The number of nitro groups is 1. The lowest BCUT2D eigenvalue weighted by atomic mass is 10.2. The SMILES string of the molecule is O=C(CN(CCN1CCCC1)S(=O)(=O)c1ccc([N+](=O)[O-])cc1)N(Cc1ccc(F)cc1)Cc1cccs1. The third-order valence-corrected chi connectivity index (χ3v) is 9.15. The smallest absolute Gasteiger partial charge is 0.269 e. The van der Waals surface area contributed by atoms with E-state index in [0.29, 0.717) is 6.54 Å². The van der Waals surface area contributed by atoms with Gasteiger partial charge >= 0.3 is 0 Å². The maximum absolute atomic E-state index is 13.6. The molecule has 1 saturated heterocycles. The number of nitrogens with zero attached hydrogens (tertiary/aromatic N) is 4. The number of sulfonamides is 1. The van der Waals surface area contributed by atoms with Crippen molar-refractivity contribution in [3.8, 4) is 0 Å². The largest absolute Gasteiger partial charge is 0.332 e. The number of non-ortho nitro benzene ring substituents is 1. The summed E-state index contributed by atoms with van der Waals surface area (Å²) in [6.07, 6.45) is 2.08. The number of thiophene rings is 1. The first-order chi connectivity index (χ1) is 18.2. The molecule has 0 N–H and O–H groups in total. The molecule has 9 nitrogen and oxygen atoms in total. The van der Waals surface area contributed by atoms with Crippen LogP contribution >= 0.6 is 11.3 Å². The molecule has 38 heavy (non-hydrogen) atoms. The van der Waals surface area contributed by atoms with Gasteiger partial charge in [0.2, 0.25) is 15.9 Å². The van der Waals surface area contributed by atoms with Crippen LogP contribution in [0.4, 0.5) is 10.1 Å². The number of likely N-dealkylation sites (tertiary alicyclic amines) is 1. The monoisotopic (exact) mass is 560 g/mol. The molecule has 1 aliphatic heterocycles. The number of carbonyl (C=O) groups is 1. The number of nitro benzene ring substituents is 1. The molecule has 2 heterocycles. The Morgan fingerprint density at radius 1 is 1.03 bits per heavy atom. The van der Waals surface area contributed by atoms with Crippen molar-refractivity contribution in [1.82, 2.24) is 14.1 Å². The first-order valence-electron chi connectivity index (χ1n) is 12.2. The molecule has 0 atom stereocenters. The molecule has 1 amide bonds. The van der Waals surface area contributed by atoms with Gasteiger partial charge in [-0.1, -0.05) is 18.2 Å². The summed E-state index contributed by atoms with van der Waals surface area (Å²) in [5.74, 6) is -0.776. The Balaban J connectivity index is 1.58. The zero-order valence-corrected chi connectivity index (χ0v) is 22.4. The van der Waals surface area contributed by atoms with Crippen LogP contribution in [0.25, 0.3) is 0 Å². The molecule has 0 unspecified atom stereocenters. The van der Waals surface area contributed by atoms with E-state index >= 15 is 0 Å². The van der Waals surface area contributed by atoms with Crippen LogP contribution in [0.2, 0.25) is 0 Å². The number of amides is 1. The molecule has 2 aromatic carbocycles. The predicted octanol–water partition coefficient (Wildman–Crippen LogP) is 4.11. The van der Waals surface area contributed by atoms with Crippen LogP contribution < -0.4 is 0 Å². The van der Waals surface area contributed by atoms with Crippen LogP contribution in [0.15, 0.2) is 70.9 Å². The van der Waals surface area contributed by atoms with Crippen LogP contribution in [0.5, 0.6) is 0 Å². The molecular weight excluding hydrogens is 531 g/mol. The van der Waals surface area contributed by atoms with Crippen molar-refractivity contribution in [2.24, 2.45) is 0 Å². The van der Waals surface area contributed by atoms with E-state index in [-0.39, 0.29) is 42.6 Å². The van der Waals surface area contributed by atoms with E-state index in [2.05, 4.69) is 4.90 Å². The lowest BCUT2D eigenvalue weighted by Crippen LogP contribution is -2.45. The fourth-order valence-electron chi connectivity index (χ4n) is 4.32. The lowest BCUT2D eigenvalue weighted by molar-refractivity contribution is -0.384. The van der Waals surface area contributed by atoms with Gasteiger partial charge in [-0.2, -0.15) is 4.31 Å². The zero-order chi connectivity index (χ0) is 27.1. The summed E-state index contributed by atoms with van der Waals surface area (Å²) in [5, 5.41) is 12.9. The van der Waals surface area contributed by atoms with E-state index in [1.54, 1.807) is 17.0 Å². The van der Waals surface area contributed by atoms with E-state index in [1.807, 2.05) is 17.5 Å². The molecule has 1 aromatic heterocycles. The van der Waals surface area contributed by atoms with Gasteiger partial charge in [0.05, 0.1) is 22.9 Å². The fourth-order valence-corrected chi connectivity index (χ4v) is 6.42. The van der Waals surface area contributed by atoms with Crippen LogP contribution in [-0.2, 0) is 27.9 Å². The highest BCUT2D eigenvalue weighted by Gasteiger charge is 2.30. The standard InChI is InChI=1S/C26H29FN4O5S2/c27-22-7-5-21(6-8-22)18-29(19-24-4-3-17-37-24)26(32)20-30(16-15-28-13-1-2-14-28)38(35,36)25-11-9-23(10-12-25)31(33)34/h3-12,17H,1-2,13-16,18-20H2. The Labute approximate surface area is 225 Å². The van der Waals surface area contributed by atoms with Gasteiger partial charge in [0.25, 0.3) is 5.69 Å². The first-order valence-corrected chi connectivity index (χ1v) is 14.6. The van der Waals surface area contributed by atoms with E-state index in [1.165, 1.54) is 35.6 Å². The minimum absolute atomic E-state index is 0.106. The van der Waals surface area contributed by atoms with E-state index < -0.39 is 20.9 Å². The number of halogens is 1. The van der Waals surface area contributed by atoms with Crippen molar-refractivity contribution in [1.29, 1.82) is 0 Å². The second-order valence-corrected chi connectivity index (χ2v) is 12.1. The van der Waals surface area contributed by atoms with Crippen molar-refractivity contribution in [2.75, 3.05) is 32.7 Å². The van der Waals surface area contributed by atoms with Gasteiger partial charge in [-0.05, 0) is 67.2 Å². The van der Waals surface area contributed by atoms with E-state index in [9.17, 15) is 27.7 Å². The summed E-state index contributed by atoms with van der Waals surface area (Å²) in [6.45, 7) is 2.40. The van der Waals surface area contributed by atoms with Crippen molar-refractivity contribution in [3.63, 3.8) is 0 Å². The highest BCUT2D eigenvalue weighted by atomic mass is 32.2. The molecule has 12 heteroatoms. The van der Waals surface area contributed by atoms with Crippen LogP contribution in [-0.4, -0.2) is 66.1 Å². The van der Waals surface area contributed by atoms with Gasteiger partial charge in [0, 0.05) is 36.6 Å². The minimum Gasteiger partial charge on any atom is -0.332 e. The number of benzene rings is 2. The molecule has 4 rings (SSSR count). The average Bonchev–Trinajstić information content (AvgIpc) is 3.62. The highest BCUT2D eigenvalue weighted by molar-refractivity contribution is 7.89. The normalized spacial score (nSPS) is 14.2. The molecule has 1 aliphatic rings. The first kappa shape index (κ1) is 27.8. The predicted molar refractivity (Wildman–Crippen MR) is 143 cm³/mol. The quantitative estimate of drug-likeness (QED) is 0.244. The minimum atomic E-state index is -4.11. The Hall–Kier alpha value is -3.19. The van der Waals surface area contributed by atoms with Gasteiger partial charge in [-0.15, -0.1) is 11.3 Å². The lowest BCUT2D eigenvalue weighted by Gasteiger charge is -2.28. The number of hydrogen-bond donors (Lipinski definition) is 0. The van der Waals surface area contributed by atoms with Gasteiger partial charge in [-0.3, -0.25) is 14.9 Å². The average molecular weight is 561 g/mol. The molecule has 202 valence electrons. The van der Waals surface area contributed by atoms with Crippen molar-refractivity contribution < 1.29 is 22.5 Å². The second kappa shape index (κ2) is 12.6. The fraction of sp³-hybridized carbons (Fsp3) is 0.346. The maximum atomic E-state index is 13.6. The van der Waals surface area contributed by atoms with Crippen LogP contribution in [0.1, 0.15) is 23.3 Å². The summed E-state index contributed by atoms with van der Waals surface area (Å²) < 4.78 is 41.8. The van der Waals surface area contributed by atoms with Gasteiger partial charge < -0.3 is 9.80 Å². The maximum Gasteiger partial charge on any atom is 0.269 e. The number of carbonyl (C=O) groups excluding carboxylic acids is 1. The molecule has 0 bridgehead atoms. The second-order valence-electron chi connectivity index (χ2n) is 9.09. The highest BCUT2D eigenvalue weighted by Crippen LogP contribution is 2.22. The molecule has 0 radical (unpaired) electrons. The third kappa shape index (κ3) is 7.22. The molecule has 1 fully saturated rings. The molecule has 0 aliphatic carbocycles. The van der Waals surface area contributed by atoms with Gasteiger partial charge in [0.1, 0.15) is 5.82 Å². The zero-order valence-electron chi connectivity index (χ0n) is 20.7. The Morgan fingerprint density at radius 3 is 2.32 bits per heavy atom. The number of hydrogen-bond acceptors (Lipinski definition) is 7. The summed E-state index contributed by atoms with van der Waals surface area (Å²) >= 11 is 1.49. The van der Waals surface area contributed by atoms with Gasteiger partial charge in [0.15, 0.2) is 0 Å². The van der Waals surface area contributed by atoms with Crippen molar-refractivity contribution in [2.45, 2.75) is 30.8 Å². The summed E-state index contributed by atoms with van der Waals surface area (Å²) in [5.41, 5.74) is 0.503.